The van der Waals surface area contributed by atoms with Gasteiger partial charge >= 0.3 is 0 Å². The summed E-state index contributed by atoms with van der Waals surface area (Å²) in [5.74, 6) is 0.0312. The van der Waals surface area contributed by atoms with Crippen LogP contribution in [0.4, 0.5) is 0 Å². The standard InChI is InChI=1S/C5H8N2O/c1-4-2-6-3-7-5(4)8/h2,4H,3H2,1H3,(H,7,8). The SMILES string of the molecule is CC1C=NCNC1=O. The van der Waals surface area contributed by atoms with Gasteiger partial charge < -0.3 is 5.32 Å². The van der Waals surface area contributed by atoms with Crippen LogP contribution in [0.3, 0.4) is 0 Å². The molecule has 44 valence electrons. The third-order valence-electron chi connectivity index (χ3n) is 1.09. The van der Waals surface area contributed by atoms with Crippen LogP contribution >= 0.6 is 0 Å². The van der Waals surface area contributed by atoms with E-state index in [1.54, 1.807) is 6.21 Å². The number of carbonyl (C=O) groups excluding carboxylic acids is 1. The molecule has 0 aromatic rings. The van der Waals surface area contributed by atoms with Gasteiger partial charge in [0.2, 0.25) is 5.91 Å². The number of nitrogens with one attached hydrogen (secondary N) is 1. The highest BCUT2D eigenvalue weighted by molar-refractivity contribution is 5.94. The van der Waals surface area contributed by atoms with Crippen LogP contribution in [0.25, 0.3) is 0 Å². The van der Waals surface area contributed by atoms with Gasteiger partial charge in [0.25, 0.3) is 0 Å². The lowest BCUT2D eigenvalue weighted by molar-refractivity contribution is -0.122. The van der Waals surface area contributed by atoms with Crippen molar-refractivity contribution in [2.24, 2.45) is 10.9 Å². The zero-order valence-corrected chi connectivity index (χ0v) is 4.72. The van der Waals surface area contributed by atoms with Crippen LogP contribution in [-0.4, -0.2) is 18.8 Å². The maximum atomic E-state index is 10.6. The maximum absolute atomic E-state index is 10.6. The van der Waals surface area contributed by atoms with Gasteiger partial charge in [0.15, 0.2) is 0 Å². The van der Waals surface area contributed by atoms with Crippen molar-refractivity contribution < 1.29 is 4.79 Å². The molecule has 8 heavy (non-hydrogen) atoms. The second kappa shape index (κ2) is 1.94. The van der Waals surface area contributed by atoms with Crippen LogP contribution in [0.15, 0.2) is 4.99 Å². The van der Waals surface area contributed by atoms with Crippen molar-refractivity contribution in [3.63, 3.8) is 0 Å². The maximum Gasteiger partial charge on any atom is 0.229 e. The normalized spacial score (nSPS) is 27.6. The minimum atomic E-state index is -0.0382. The van der Waals surface area contributed by atoms with E-state index in [0.29, 0.717) is 6.67 Å². The van der Waals surface area contributed by atoms with Gasteiger partial charge in [-0.2, -0.15) is 0 Å². The van der Waals surface area contributed by atoms with Gasteiger partial charge in [0.1, 0.15) is 6.67 Å². The highest BCUT2D eigenvalue weighted by Gasteiger charge is 2.11. The molecule has 1 aliphatic rings. The van der Waals surface area contributed by atoms with Crippen LogP contribution < -0.4 is 5.32 Å². The van der Waals surface area contributed by atoms with E-state index in [1.165, 1.54) is 0 Å². The Hall–Kier alpha value is -0.860. The Labute approximate surface area is 47.8 Å². The van der Waals surface area contributed by atoms with Crippen molar-refractivity contribution in [3.8, 4) is 0 Å². The van der Waals surface area contributed by atoms with Crippen molar-refractivity contribution in [2.75, 3.05) is 6.67 Å². The molecular weight excluding hydrogens is 104 g/mol. The van der Waals surface area contributed by atoms with Gasteiger partial charge in [-0.1, -0.05) is 0 Å². The Bertz CT molecular complexity index is 130. The predicted molar refractivity (Wildman–Crippen MR) is 30.7 cm³/mol. The lowest BCUT2D eigenvalue weighted by atomic mass is 10.2. The molecule has 1 N–H and O–H groups in total. The van der Waals surface area contributed by atoms with E-state index in [0.717, 1.165) is 0 Å². The van der Waals surface area contributed by atoms with E-state index >= 15 is 0 Å². The van der Waals surface area contributed by atoms with Crippen LogP contribution in [0.1, 0.15) is 6.92 Å². The predicted octanol–water partition coefficient (Wildman–Crippen LogP) is -0.219. The summed E-state index contributed by atoms with van der Waals surface area (Å²) in [6.07, 6.45) is 1.67. The van der Waals surface area contributed by atoms with Crippen molar-refractivity contribution in [1.29, 1.82) is 0 Å². The molecule has 1 aliphatic heterocycles. The number of amides is 1. The molecule has 0 aliphatic carbocycles. The van der Waals surface area contributed by atoms with E-state index in [1.807, 2.05) is 6.92 Å². The van der Waals surface area contributed by atoms with E-state index in [-0.39, 0.29) is 11.8 Å². The first-order chi connectivity index (χ1) is 3.80. The summed E-state index contributed by atoms with van der Waals surface area (Å²) < 4.78 is 0. The van der Waals surface area contributed by atoms with Crippen LogP contribution in [-0.2, 0) is 4.79 Å². The molecule has 1 atom stereocenters. The molecule has 1 unspecified atom stereocenters. The van der Waals surface area contributed by atoms with Crippen molar-refractivity contribution in [1.82, 2.24) is 5.32 Å². The fourth-order valence-electron chi connectivity index (χ4n) is 0.563. The first kappa shape index (κ1) is 5.28. The minimum absolute atomic E-state index is 0.0382. The van der Waals surface area contributed by atoms with E-state index in [4.69, 9.17) is 0 Å². The number of nitrogens with zero attached hydrogens (tertiary/aromatic N) is 1. The van der Waals surface area contributed by atoms with E-state index in [2.05, 4.69) is 10.3 Å². The average Bonchev–Trinajstić information content (AvgIpc) is 1.77. The molecule has 0 radical (unpaired) electrons. The summed E-state index contributed by atoms with van der Waals surface area (Å²) in [5.41, 5.74) is 0. The third kappa shape index (κ3) is 0.857. The van der Waals surface area contributed by atoms with Crippen LogP contribution in [0.5, 0.6) is 0 Å². The Balaban J connectivity index is 2.60. The zero-order valence-electron chi connectivity index (χ0n) is 4.72. The molecule has 3 nitrogen and oxygen atoms in total. The zero-order chi connectivity index (χ0) is 5.98. The van der Waals surface area contributed by atoms with Crippen LogP contribution in [0, 0.1) is 5.92 Å². The molecule has 0 bridgehead atoms. The molecule has 1 heterocycles. The topological polar surface area (TPSA) is 41.5 Å². The van der Waals surface area contributed by atoms with Crippen molar-refractivity contribution >= 4 is 12.1 Å². The average molecular weight is 112 g/mol. The van der Waals surface area contributed by atoms with E-state index < -0.39 is 0 Å². The lowest BCUT2D eigenvalue weighted by Crippen LogP contribution is -2.33. The third-order valence-corrected chi connectivity index (χ3v) is 1.09. The number of hydrogen-bond acceptors (Lipinski definition) is 2. The molecule has 0 aromatic heterocycles. The Kier molecular flexibility index (Phi) is 1.28. The Morgan fingerprint density at radius 3 is 3.12 bits per heavy atom. The van der Waals surface area contributed by atoms with Crippen molar-refractivity contribution in [3.05, 3.63) is 0 Å². The highest BCUT2D eigenvalue weighted by atomic mass is 16.2. The van der Waals surface area contributed by atoms with E-state index in [9.17, 15) is 4.79 Å². The summed E-state index contributed by atoms with van der Waals surface area (Å²) >= 11 is 0. The molecule has 0 aromatic carbocycles. The summed E-state index contributed by atoms with van der Waals surface area (Å²) in [6, 6.07) is 0. The molecular formula is C5H8N2O. The molecule has 0 spiro atoms. The largest absolute Gasteiger partial charge is 0.336 e. The fourth-order valence-corrected chi connectivity index (χ4v) is 0.563. The second-order valence-electron chi connectivity index (χ2n) is 1.82. The quantitative estimate of drug-likeness (QED) is 0.462. The number of rotatable bonds is 0. The lowest BCUT2D eigenvalue weighted by Gasteiger charge is -2.09. The van der Waals surface area contributed by atoms with Gasteiger partial charge in [-0.15, -0.1) is 0 Å². The first-order valence-corrected chi connectivity index (χ1v) is 2.58. The molecule has 1 amide bonds. The summed E-state index contributed by atoms with van der Waals surface area (Å²) in [5, 5.41) is 2.59. The first-order valence-electron chi connectivity index (χ1n) is 2.58. The van der Waals surface area contributed by atoms with Crippen molar-refractivity contribution in [2.45, 2.75) is 6.92 Å². The molecule has 3 heteroatoms. The monoisotopic (exact) mass is 112 g/mol. The van der Waals surface area contributed by atoms with Gasteiger partial charge in [-0.25, -0.2) is 0 Å². The van der Waals surface area contributed by atoms with Crippen LogP contribution in [0.2, 0.25) is 0 Å². The highest BCUT2D eigenvalue weighted by Crippen LogP contribution is 1.93. The number of aliphatic imine (C=N–C) groups is 1. The molecule has 1 rings (SSSR count). The minimum Gasteiger partial charge on any atom is -0.336 e. The number of hydrogen-bond donors (Lipinski definition) is 1. The van der Waals surface area contributed by atoms with Gasteiger partial charge in [0.05, 0.1) is 5.92 Å². The molecule has 0 saturated heterocycles. The molecule has 0 saturated carbocycles. The second-order valence-corrected chi connectivity index (χ2v) is 1.82. The summed E-state index contributed by atoms with van der Waals surface area (Å²) in [4.78, 5) is 14.4. The van der Waals surface area contributed by atoms with Gasteiger partial charge in [-0.05, 0) is 6.92 Å². The number of carbonyl (C=O) groups is 1. The Morgan fingerprint density at radius 1 is 2.00 bits per heavy atom. The van der Waals surface area contributed by atoms with Gasteiger partial charge in [0, 0.05) is 6.21 Å². The smallest absolute Gasteiger partial charge is 0.229 e. The van der Waals surface area contributed by atoms with Gasteiger partial charge in [-0.3, -0.25) is 9.79 Å². The molecule has 0 fully saturated rings. The Morgan fingerprint density at radius 2 is 2.75 bits per heavy atom. The summed E-state index contributed by atoms with van der Waals surface area (Å²) in [7, 11) is 0. The summed E-state index contributed by atoms with van der Waals surface area (Å²) in [6.45, 7) is 2.27. The fraction of sp³-hybridized carbons (Fsp3) is 0.600.